The molecule has 4 nitrogen and oxygen atoms in total. The Morgan fingerprint density at radius 2 is 2.07 bits per heavy atom. The summed E-state index contributed by atoms with van der Waals surface area (Å²) in [4.78, 5) is 10.3. The van der Waals surface area contributed by atoms with E-state index in [1.165, 1.54) is 25.7 Å². The molecule has 14 heavy (non-hydrogen) atoms. The Balaban J connectivity index is 0.000000980. The van der Waals surface area contributed by atoms with Crippen molar-refractivity contribution in [1.82, 2.24) is 5.32 Å². The van der Waals surface area contributed by atoms with Crippen LogP contribution in [0.1, 0.15) is 32.1 Å². The summed E-state index contributed by atoms with van der Waals surface area (Å²) in [5.74, 6) is 0.637. The number of fused-ring (bicyclic) bond motifs is 1. The van der Waals surface area contributed by atoms with Crippen LogP contribution >= 0.6 is 12.4 Å². The van der Waals surface area contributed by atoms with Crippen LogP contribution < -0.4 is 5.32 Å². The second kappa shape index (κ2) is 4.84. The van der Waals surface area contributed by atoms with Crippen LogP contribution in [-0.2, 0) is 4.74 Å². The summed E-state index contributed by atoms with van der Waals surface area (Å²) in [6.45, 7) is 0. The lowest BCUT2D eigenvalue weighted by Crippen LogP contribution is -2.35. The lowest BCUT2D eigenvalue weighted by molar-refractivity contribution is 0.0430. The summed E-state index contributed by atoms with van der Waals surface area (Å²) >= 11 is 0. The van der Waals surface area contributed by atoms with Gasteiger partial charge in [-0.2, -0.15) is 0 Å². The molecule has 5 heteroatoms. The highest BCUT2D eigenvalue weighted by molar-refractivity contribution is 5.85. The molecule has 3 atom stereocenters. The van der Waals surface area contributed by atoms with Crippen LogP contribution in [0.25, 0.3) is 0 Å². The molecule has 1 saturated heterocycles. The minimum Gasteiger partial charge on any atom is -0.450 e. The molecule has 82 valence electrons. The lowest BCUT2D eigenvalue weighted by Gasteiger charge is -2.23. The van der Waals surface area contributed by atoms with Gasteiger partial charge in [0.25, 0.3) is 0 Å². The van der Waals surface area contributed by atoms with Gasteiger partial charge < -0.3 is 9.84 Å². The van der Waals surface area contributed by atoms with E-state index in [2.05, 4.69) is 5.32 Å². The molecule has 3 unspecified atom stereocenters. The molecular formula is C9H16ClNO3. The van der Waals surface area contributed by atoms with Gasteiger partial charge in [0.15, 0.2) is 6.23 Å². The Hall–Kier alpha value is -0.480. The van der Waals surface area contributed by atoms with Crippen molar-refractivity contribution in [2.75, 3.05) is 0 Å². The molecule has 0 amide bonds. The fourth-order valence-corrected chi connectivity index (χ4v) is 2.49. The second-order valence-electron chi connectivity index (χ2n) is 3.93. The van der Waals surface area contributed by atoms with E-state index in [1.807, 2.05) is 0 Å². The number of rotatable bonds is 1. The molecule has 1 heterocycles. The smallest absolute Gasteiger partial charge is 0.450 e. The number of nitrogens with one attached hydrogen (secondary N) is 1. The molecule has 2 aliphatic rings. The van der Waals surface area contributed by atoms with Crippen LogP contribution in [0.3, 0.4) is 0 Å². The first kappa shape index (κ1) is 11.6. The van der Waals surface area contributed by atoms with E-state index in [0.29, 0.717) is 12.0 Å². The largest absolute Gasteiger partial charge is 0.507 e. The summed E-state index contributed by atoms with van der Waals surface area (Å²) < 4.78 is 4.71. The van der Waals surface area contributed by atoms with E-state index in [0.717, 1.165) is 6.42 Å². The van der Waals surface area contributed by atoms with Crippen molar-refractivity contribution in [1.29, 1.82) is 0 Å². The van der Waals surface area contributed by atoms with E-state index in [9.17, 15) is 4.79 Å². The first-order chi connectivity index (χ1) is 6.25. The fourth-order valence-electron chi connectivity index (χ4n) is 2.49. The molecule has 0 aromatic carbocycles. The van der Waals surface area contributed by atoms with Gasteiger partial charge in [-0.3, -0.25) is 5.32 Å². The van der Waals surface area contributed by atoms with Crippen LogP contribution in [0.2, 0.25) is 0 Å². The average Bonchev–Trinajstić information content (AvgIpc) is 2.44. The van der Waals surface area contributed by atoms with Gasteiger partial charge in [-0.05, 0) is 18.8 Å². The van der Waals surface area contributed by atoms with E-state index in [-0.39, 0.29) is 18.6 Å². The highest BCUT2D eigenvalue weighted by Gasteiger charge is 2.36. The minimum absolute atomic E-state index is 0. The molecule has 2 N–H and O–H groups in total. The summed E-state index contributed by atoms with van der Waals surface area (Å²) in [5.41, 5.74) is 0. The third kappa shape index (κ3) is 2.51. The molecule has 0 spiro atoms. The first-order valence-corrected chi connectivity index (χ1v) is 4.91. The number of hydrogen-bond acceptors (Lipinski definition) is 3. The number of hydrogen-bond donors (Lipinski definition) is 2. The Kier molecular flexibility index (Phi) is 4.01. The van der Waals surface area contributed by atoms with Crippen LogP contribution in [-0.4, -0.2) is 23.5 Å². The minimum atomic E-state index is -1.17. The maximum atomic E-state index is 10.3. The number of halogens is 1. The van der Waals surface area contributed by atoms with Gasteiger partial charge in [-0.15, -0.1) is 12.4 Å². The molecule has 0 bridgehead atoms. The first-order valence-electron chi connectivity index (χ1n) is 4.91. The van der Waals surface area contributed by atoms with Crippen molar-refractivity contribution in [3.05, 3.63) is 0 Å². The zero-order chi connectivity index (χ0) is 9.26. The second-order valence-corrected chi connectivity index (χ2v) is 3.93. The Morgan fingerprint density at radius 3 is 2.71 bits per heavy atom. The average molecular weight is 222 g/mol. The zero-order valence-electron chi connectivity index (χ0n) is 7.94. The Bertz CT molecular complexity index is 198. The van der Waals surface area contributed by atoms with Gasteiger partial charge in [0.2, 0.25) is 0 Å². The van der Waals surface area contributed by atoms with Crippen LogP contribution in [0.4, 0.5) is 4.79 Å². The van der Waals surface area contributed by atoms with Crippen LogP contribution in [0.15, 0.2) is 0 Å². The highest BCUT2D eigenvalue weighted by atomic mass is 35.5. The topological polar surface area (TPSA) is 58.6 Å². The molecule has 1 aliphatic carbocycles. The predicted octanol–water partition coefficient (Wildman–Crippen LogP) is 1.98. The highest BCUT2D eigenvalue weighted by Crippen LogP contribution is 2.33. The van der Waals surface area contributed by atoms with E-state index in [4.69, 9.17) is 9.84 Å². The van der Waals surface area contributed by atoms with Gasteiger partial charge in [0.1, 0.15) is 0 Å². The van der Waals surface area contributed by atoms with Crippen molar-refractivity contribution in [2.24, 2.45) is 5.92 Å². The normalized spacial score (nSPS) is 35.6. The molecule has 1 saturated carbocycles. The van der Waals surface area contributed by atoms with Crippen molar-refractivity contribution in [2.45, 2.75) is 44.4 Å². The van der Waals surface area contributed by atoms with Gasteiger partial charge >= 0.3 is 6.16 Å². The lowest BCUT2D eigenvalue weighted by atomic mass is 9.85. The van der Waals surface area contributed by atoms with Gasteiger partial charge in [-0.1, -0.05) is 12.8 Å². The quantitative estimate of drug-likeness (QED) is 0.665. The SMILES string of the molecule is Cl.O=C(O)OC1CC2CCCCC2N1. The molecule has 2 rings (SSSR count). The van der Waals surface area contributed by atoms with Gasteiger partial charge in [-0.25, -0.2) is 4.79 Å². The number of carbonyl (C=O) groups is 1. The maximum absolute atomic E-state index is 10.3. The number of carboxylic acid groups (broad SMARTS) is 1. The van der Waals surface area contributed by atoms with Crippen molar-refractivity contribution < 1.29 is 14.6 Å². The van der Waals surface area contributed by atoms with Crippen LogP contribution in [0.5, 0.6) is 0 Å². The molecule has 0 aromatic heterocycles. The summed E-state index contributed by atoms with van der Waals surface area (Å²) in [6.07, 6.45) is 4.36. The standard InChI is InChI=1S/C9H15NO3.ClH/c11-9(12)13-8-5-6-3-1-2-4-7(6)10-8;/h6-8,10H,1-5H2,(H,11,12);1H. The molecule has 1 aliphatic heterocycles. The Labute approximate surface area is 89.4 Å². The Morgan fingerprint density at radius 1 is 1.36 bits per heavy atom. The molecular weight excluding hydrogens is 206 g/mol. The molecule has 0 aromatic rings. The van der Waals surface area contributed by atoms with Crippen molar-refractivity contribution in [3.63, 3.8) is 0 Å². The summed E-state index contributed by atoms with van der Waals surface area (Å²) in [5, 5.41) is 11.7. The maximum Gasteiger partial charge on any atom is 0.507 e. The predicted molar refractivity (Wildman–Crippen MR) is 53.6 cm³/mol. The zero-order valence-corrected chi connectivity index (χ0v) is 8.76. The van der Waals surface area contributed by atoms with Crippen molar-refractivity contribution in [3.8, 4) is 0 Å². The van der Waals surface area contributed by atoms with Gasteiger partial charge in [0.05, 0.1) is 0 Å². The van der Waals surface area contributed by atoms with Crippen molar-refractivity contribution >= 4 is 18.6 Å². The summed E-state index contributed by atoms with van der Waals surface area (Å²) in [7, 11) is 0. The molecule has 2 fully saturated rings. The van der Waals surface area contributed by atoms with E-state index >= 15 is 0 Å². The third-order valence-electron chi connectivity index (χ3n) is 3.07. The van der Waals surface area contributed by atoms with E-state index < -0.39 is 6.16 Å². The van der Waals surface area contributed by atoms with E-state index in [1.54, 1.807) is 0 Å². The number of ether oxygens (including phenoxy) is 1. The molecule has 0 radical (unpaired) electrons. The third-order valence-corrected chi connectivity index (χ3v) is 3.07. The summed E-state index contributed by atoms with van der Waals surface area (Å²) in [6, 6.07) is 0.498. The monoisotopic (exact) mass is 221 g/mol. The van der Waals surface area contributed by atoms with Gasteiger partial charge in [0, 0.05) is 12.5 Å². The van der Waals surface area contributed by atoms with Crippen LogP contribution in [0, 0.1) is 5.92 Å². The fraction of sp³-hybridized carbons (Fsp3) is 0.889.